The van der Waals surface area contributed by atoms with Gasteiger partial charge in [0, 0.05) is 30.1 Å². The van der Waals surface area contributed by atoms with Crippen LogP contribution in [0.2, 0.25) is 0 Å². The predicted octanol–water partition coefficient (Wildman–Crippen LogP) is 4.40. The van der Waals surface area contributed by atoms with E-state index in [9.17, 15) is 4.79 Å². The van der Waals surface area contributed by atoms with Crippen LogP contribution < -0.4 is 4.90 Å². The number of Topliss-reactive ketones (excluding diaryl/α,β-unsaturated/α-hetero) is 1. The minimum Gasteiger partial charge on any atom is -0.475 e. The minimum absolute atomic E-state index is 0.0202. The van der Waals surface area contributed by atoms with Gasteiger partial charge < -0.3 is 9.64 Å². The Morgan fingerprint density at radius 1 is 1.12 bits per heavy atom. The highest BCUT2D eigenvalue weighted by molar-refractivity contribution is 5.96. The van der Waals surface area contributed by atoms with Gasteiger partial charge in [-0.05, 0) is 31.0 Å². The van der Waals surface area contributed by atoms with Crippen LogP contribution in [0.1, 0.15) is 37.3 Å². The summed E-state index contributed by atoms with van der Waals surface area (Å²) < 4.78 is 6.16. The molecule has 4 rings (SSSR count). The van der Waals surface area contributed by atoms with Crippen molar-refractivity contribution in [2.75, 3.05) is 4.90 Å². The number of fused-ring (bicyclic) bond motifs is 4. The number of para-hydroxylation sites is 1. The zero-order valence-electron chi connectivity index (χ0n) is 14.0. The Balaban J connectivity index is 1.79. The molecule has 0 spiro atoms. The lowest BCUT2D eigenvalue weighted by Gasteiger charge is -2.46. The van der Waals surface area contributed by atoms with Gasteiger partial charge in [-0.3, -0.25) is 4.79 Å². The molecular formula is C21H21NO2. The summed E-state index contributed by atoms with van der Waals surface area (Å²) in [6.07, 6.45) is 0.809. The number of allylic oxidation sites excluding steroid dienone is 2. The average Bonchev–Trinajstić information content (AvgIpc) is 2.59. The number of ketones is 1. The molecule has 2 atom stereocenters. The molecule has 2 heterocycles. The molecule has 2 bridgehead atoms. The van der Waals surface area contributed by atoms with Gasteiger partial charge in [0.1, 0.15) is 5.76 Å². The molecule has 2 aromatic carbocycles. The maximum absolute atomic E-state index is 12.1. The molecule has 0 radical (unpaired) electrons. The van der Waals surface area contributed by atoms with E-state index in [4.69, 9.17) is 4.74 Å². The normalized spacial score (nSPS) is 22.0. The number of benzene rings is 2. The molecule has 2 unspecified atom stereocenters. The molecule has 0 N–H and O–H groups in total. The van der Waals surface area contributed by atoms with Crippen molar-refractivity contribution in [3.8, 4) is 0 Å². The summed E-state index contributed by atoms with van der Waals surface area (Å²) in [5.74, 6) is 1.03. The van der Waals surface area contributed by atoms with Crippen LogP contribution in [0.15, 0.2) is 65.9 Å². The van der Waals surface area contributed by atoms with Crippen molar-refractivity contribution >= 4 is 11.5 Å². The number of hydrogen-bond acceptors (Lipinski definition) is 3. The molecule has 0 saturated carbocycles. The Kier molecular flexibility index (Phi) is 3.64. The van der Waals surface area contributed by atoms with Crippen LogP contribution in [0, 0.1) is 0 Å². The zero-order chi connectivity index (χ0) is 16.7. The lowest BCUT2D eigenvalue weighted by molar-refractivity contribution is -0.114. The van der Waals surface area contributed by atoms with Gasteiger partial charge in [0.05, 0.1) is 0 Å². The van der Waals surface area contributed by atoms with Crippen molar-refractivity contribution in [1.29, 1.82) is 0 Å². The molecule has 3 heteroatoms. The van der Waals surface area contributed by atoms with E-state index in [-0.39, 0.29) is 17.9 Å². The van der Waals surface area contributed by atoms with E-state index < -0.39 is 0 Å². The smallest absolute Gasteiger partial charge is 0.173 e. The van der Waals surface area contributed by atoms with Crippen LogP contribution in [-0.2, 0) is 16.1 Å². The molecule has 2 aromatic rings. The van der Waals surface area contributed by atoms with Crippen LogP contribution in [0.4, 0.5) is 5.69 Å². The van der Waals surface area contributed by atoms with E-state index in [1.807, 2.05) is 13.0 Å². The van der Waals surface area contributed by atoms with E-state index in [2.05, 4.69) is 53.4 Å². The van der Waals surface area contributed by atoms with Crippen molar-refractivity contribution in [3.63, 3.8) is 0 Å². The van der Waals surface area contributed by atoms with Crippen molar-refractivity contribution in [2.24, 2.45) is 0 Å². The number of hydrogen-bond donors (Lipinski definition) is 0. The minimum atomic E-state index is -0.0202. The second-order valence-corrected chi connectivity index (χ2v) is 6.56. The number of carbonyl (C=O) groups excluding carboxylic acids is 1. The molecule has 24 heavy (non-hydrogen) atoms. The fourth-order valence-electron chi connectivity index (χ4n) is 4.01. The monoisotopic (exact) mass is 319 g/mol. The molecule has 0 aliphatic carbocycles. The molecule has 2 aliphatic rings. The number of nitrogens with zero attached hydrogens (tertiary/aromatic N) is 1. The Hall–Kier alpha value is -2.55. The number of ether oxygens (including phenoxy) is 1. The summed E-state index contributed by atoms with van der Waals surface area (Å²) in [6.45, 7) is 4.37. The number of rotatable bonds is 3. The van der Waals surface area contributed by atoms with E-state index in [0.717, 1.165) is 24.3 Å². The standard InChI is InChI=1S/C21H21NO2/c1-14(23)21-15(2)24-20-12-18(21)17-10-6-7-11-19(17)22(20)13-16-8-4-3-5-9-16/h3-11,18,20H,12-13H2,1-2H3. The Morgan fingerprint density at radius 3 is 2.58 bits per heavy atom. The first-order chi connectivity index (χ1) is 11.6. The Labute approximate surface area is 142 Å². The predicted molar refractivity (Wildman–Crippen MR) is 94.7 cm³/mol. The van der Waals surface area contributed by atoms with Gasteiger partial charge >= 0.3 is 0 Å². The van der Waals surface area contributed by atoms with Crippen LogP contribution in [0.25, 0.3) is 0 Å². The summed E-state index contributed by atoms with van der Waals surface area (Å²) in [5, 5.41) is 0. The van der Waals surface area contributed by atoms with E-state index >= 15 is 0 Å². The second-order valence-electron chi connectivity index (χ2n) is 6.56. The lowest BCUT2D eigenvalue weighted by Crippen LogP contribution is -2.45. The van der Waals surface area contributed by atoms with Crippen LogP contribution in [0.5, 0.6) is 0 Å². The maximum Gasteiger partial charge on any atom is 0.173 e. The Morgan fingerprint density at radius 2 is 1.83 bits per heavy atom. The highest BCUT2D eigenvalue weighted by Gasteiger charge is 2.41. The third kappa shape index (κ3) is 2.41. The maximum atomic E-state index is 12.1. The number of anilines is 1. The van der Waals surface area contributed by atoms with Gasteiger partial charge in [0.15, 0.2) is 12.0 Å². The quantitative estimate of drug-likeness (QED) is 0.840. The van der Waals surface area contributed by atoms with E-state index in [1.54, 1.807) is 6.92 Å². The largest absolute Gasteiger partial charge is 0.475 e. The second kappa shape index (κ2) is 5.82. The fraction of sp³-hybridized carbons (Fsp3) is 0.286. The fourth-order valence-corrected chi connectivity index (χ4v) is 4.01. The highest BCUT2D eigenvalue weighted by atomic mass is 16.5. The summed E-state index contributed by atoms with van der Waals surface area (Å²) >= 11 is 0. The molecule has 0 fully saturated rings. The van der Waals surface area contributed by atoms with Gasteiger partial charge in [0.25, 0.3) is 0 Å². The van der Waals surface area contributed by atoms with Crippen LogP contribution in [-0.4, -0.2) is 12.0 Å². The topological polar surface area (TPSA) is 29.5 Å². The van der Waals surface area contributed by atoms with E-state index in [0.29, 0.717) is 0 Å². The van der Waals surface area contributed by atoms with Crippen LogP contribution >= 0.6 is 0 Å². The van der Waals surface area contributed by atoms with Crippen molar-refractivity contribution in [3.05, 3.63) is 77.1 Å². The van der Waals surface area contributed by atoms with Gasteiger partial charge in [0.2, 0.25) is 0 Å². The first-order valence-electron chi connectivity index (χ1n) is 8.43. The van der Waals surface area contributed by atoms with Gasteiger partial charge in [-0.25, -0.2) is 0 Å². The third-order valence-electron chi connectivity index (χ3n) is 5.02. The van der Waals surface area contributed by atoms with Crippen molar-refractivity contribution < 1.29 is 9.53 Å². The number of carbonyl (C=O) groups is 1. The molecule has 0 aromatic heterocycles. The summed E-state index contributed by atoms with van der Waals surface area (Å²) in [5.41, 5.74) is 4.50. The summed E-state index contributed by atoms with van der Waals surface area (Å²) in [4.78, 5) is 14.5. The average molecular weight is 319 g/mol. The molecule has 3 nitrogen and oxygen atoms in total. The van der Waals surface area contributed by atoms with E-state index in [1.165, 1.54) is 16.8 Å². The summed E-state index contributed by atoms with van der Waals surface area (Å²) in [7, 11) is 0. The third-order valence-corrected chi connectivity index (χ3v) is 5.02. The first kappa shape index (κ1) is 15.0. The lowest BCUT2D eigenvalue weighted by atomic mass is 9.79. The van der Waals surface area contributed by atoms with Crippen molar-refractivity contribution in [1.82, 2.24) is 0 Å². The van der Waals surface area contributed by atoms with Crippen LogP contribution in [0.3, 0.4) is 0 Å². The molecule has 2 aliphatic heterocycles. The zero-order valence-corrected chi connectivity index (χ0v) is 14.0. The Bertz CT molecular complexity index is 810. The van der Waals surface area contributed by atoms with Gasteiger partial charge in [-0.2, -0.15) is 0 Å². The molecular weight excluding hydrogens is 298 g/mol. The van der Waals surface area contributed by atoms with Gasteiger partial charge in [-0.15, -0.1) is 0 Å². The van der Waals surface area contributed by atoms with Gasteiger partial charge in [-0.1, -0.05) is 48.5 Å². The summed E-state index contributed by atoms with van der Waals surface area (Å²) in [6, 6.07) is 18.8. The highest BCUT2D eigenvalue weighted by Crippen LogP contribution is 2.47. The molecule has 122 valence electrons. The SMILES string of the molecule is CC(=O)C1=C(C)OC2CC1c1ccccc1N2Cc1ccccc1. The first-order valence-corrected chi connectivity index (χ1v) is 8.43. The van der Waals surface area contributed by atoms with Crippen molar-refractivity contribution in [2.45, 2.75) is 39.0 Å². The molecule has 0 saturated heterocycles. The molecule has 0 amide bonds.